The van der Waals surface area contributed by atoms with Crippen molar-refractivity contribution in [3.05, 3.63) is 59.1 Å². The molecule has 0 radical (unpaired) electrons. The van der Waals surface area contributed by atoms with E-state index >= 15 is 0 Å². The molecule has 0 saturated carbocycles. The summed E-state index contributed by atoms with van der Waals surface area (Å²) in [5.74, 6) is 2.24. The topological polar surface area (TPSA) is 61.5 Å². The fourth-order valence-corrected chi connectivity index (χ4v) is 3.72. The summed E-state index contributed by atoms with van der Waals surface area (Å²) in [7, 11) is 0. The maximum atomic E-state index is 6.04. The van der Waals surface area contributed by atoms with Crippen molar-refractivity contribution in [2.45, 2.75) is 13.0 Å². The fraction of sp³-hybridized carbons (Fsp3) is 0.167. The lowest BCUT2D eigenvalue weighted by molar-refractivity contribution is 0.0904. The molecule has 0 spiro atoms. The molecule has 0 N–H and O–H groups in total. The Labute approximate surface area is 147 Å². The second-order valence-electron chi connectivity index (χ2n) is 5.89. The molecule has 0 bridgehead atoms. The third kappa shape index (κ3) is 2.44. The van der Waals surface area contributed by atoms with E-state index in [-0.39, 0.29) is 6.10 Å². The highest BCUT2D eigenvalue weighted by Crippen LogP contribution is 2.37. The van der Waals surface area contributed by atoms with Crippen LogP contribution in [0.25, 0.3) is 16.3 Å². The van der Waals surface area contributed by atoms with E-state index in [2.05, 4.69) is 34.4 Å². The molecule has 2 aromatic carbocycles. The van der Waals surface area contributed by atoms with Gasteiger partial charge in [-0.05, 0) is 25.1 Å². The molecule has 0 unspecified atom stereocenters. The van der Waals surface area contributed by atoms with Crippen LogP contribution in [0.5, 0.6) is 11.5 Å². The number of rotatable bonds is 2. The molecule has 3 heterocycles. The second-order valence-corrected chi connectivity index (χ2v) is 6.88. The highest BCUT2D eigenvalue weighted by atomic mass is 32.1. The van der Waals surface area contributed by atoms with Crippen molar-refractivity contribution in [3.8, 4) is 22.9 Å². The number of fused-ring (bicyclic) bond motifs is 2. The van der Waals surface area contributed by atoms with E-state index in [4.69, 9.17) is 9.47 Å². The molecular weight excluding hydrogens is 336 g/mol. The molecule has 7 heteroatoms. The fourth-order valence-electron chi connectivity index (χ4n) is 2.87. The molecule has 0 amide bonds. The van der Waals surface area contributed by atoms with Crippen molar-refractivity contribution in [3.63, 3.8) is 0 Å². The van der Waals surface area contributed by atoms with Gasteiger partial charge in [0, 0.05) is 5.56 Å². The molecule has 6 nitrogen and oxygen atoms in total. The Bertz CT molecular complexity index is 1070. The van der Waals surface area contributed by atoms with Crippen LogP contribution in [0.4, 0.5) is 0 Å². The zero-order valence-electron chi connectivity index (χ0n) is 13.4. The van der Waals surface area contributed by atoms with Crippen LogP contribution in [0.2, 0.25) is 0 Å². The van der Waals surface area contributed by atoms with Gasteiger partial charge in [-0.1, -0.05) is 47.2 Å². The van der Waals surface area contributed by atoms with Crippen LogP contribution in [-0.4, -0.2) is 26.4 Å². The molecule has 0 fully saturated rings. The maximum Gasteiger partial charge on any atom is 0.235 e. The molecule has 25 heavy (non-hydrogen) atoms. The average molecular weight is 350 g/mol. The number of hydrogen-bond acceptors (Lipinski definition) is 6. The lowest BCUT2D eigenvalue weighted by atomic mass is 10.1. The zero-order chi connectivity index (χ0) is 16.8. The molecule has 1 atom stereocenters. The molecule has 124 valence electrons. The zero-order valence-corrected chi connectivity index (χ0v) is 14.2. The van der Waals surface area contributed by atoms with Crippen molar-refractivity contribution in [2.24, 2.45) is 0 Å². The normalized spacial score (nSPS) is 16.3. The van der Waals surface area contributed by atoms with Crippen LogP contribution in [0.3, 0.4) is 0 Å². The summed E-state index contributed by atoms with van der Waals surface area (Å²) in [5, 5.41) is 14.0. The van der Waals surface area contributed by atoms with Gasteiger partial charge in [0.05, 0.1) is 0 Å². The van der Waals surface area contributed by atoms with Gasteiger partial charge in [-0.15, -0.1) is 10.2 Å². The quantitative estimate of drug-likeness (QED) is 0.552. The number of ether oxygens (including phenoxy) is 2. The van der Waals surface area contributed by atoms with E-state index in [1.54, 1.807) is 4.52 Å². The van der Waals surface area contributed by atoms with Gasteiger partial charge in [0.15, 0.2) is 28.4 Å². The van der Waals surface area contributed by atoms with Gasteiger partial charge >= 0.3 is 0 Å². The highest BCUT2D eigenvalue weighted by Gasteiger charge is 2.27. The molecule has 1 aliphatic heterocycles. The first kappa shape index (κ1) is 14.4. The predicted molar refractivity (Wildman–Crippen MR) is 94.1 cm³/mol. The summed E-state index contributed by atoms with van der Waals surface area (Å²) in [6.45, 7) is 2.49. The van der Waals surface area contributed by atoms with Crippen molar-refractivity contribution in [1.29, 1.82) is 0 Å². The number of para-hydroxylation sites is 2. The Kier molecular flexibility index (Phi) is 3.21. The average Bonchev–Trinajstić information content (AvgIpc) is 3.22. The minimum Gasteiger partial charge on any atom is -0.485 e. The molecule has 0 aliphatic carbocycles. The lowest BCUT2D eigenvalue weighted by Crippen LogP contribution is -2.21. The lowest BCUT2D eigenvalue weighted by Gasteiger charge is -2.24. The van der Waals surface area contributed by atoms with Gasteiger partial charge in [-0.2, -0.15) is 9.61 Å². The smallest absolute Gasteiger partial charge is 0.235 e. The summed E-state index contributed by atoms with van der Waals surface area (Å²) in [4.78, 5) is 0.744. The first-order valence-electron chi connectivity index (χ1n) is 7.95. The van der Waals surface area contributed by atoms with Crippen molar-refractivity contribution < 1.29 is 9.47 Å². The standard InChI is InChI=1S/C18H14N4O2S/c1-11-5-4-6-12(9-11)16-19-20-18-22(16)21-17(25-18)15-10-23-13-7-2-3-8-14(13)24-15/h2-9,15H,10H2,1H3/t15-/m1/s1. The number of nitrogens with zero attached hydrogens (tertiary/aromatic N) is 4. The Hall–Kier alpha value is -2.93. The third-order valence-corrected chi connectivity index (χ3v) is 5.06. The summed E-state index contributed by atoms with van der Waals surface area (Å²) in [6, 6.07) is 15.8. The molecule has 4 aromatic rings. The van der Waals surface area contributed by atoms with Crippen molar-refractivity contribution >= 4 is 16.3 Å². The van der Waals surface area contributed by atoms with Crippen molar-refractivity contribution in [1.82, 2.24) is 19.8 Å². The van der Waals surface area contributed by atoms with Crippen LogP contribution < -0.4 is 9.47 Å². The number of aromatic nitrogens is 4. The van der Waals surface area contributed by atoms with Crippen molar-refractivity contribution in [2.75, 3.05) is 6.61 Å². The molecular formula is C18H14N4O2S. The summed E-state index contributed by atoms with van der Waals surface area (Å²) < 4.78 is 13.6. The monoisotopic (exact) mass is 350 g/mol. The van der Waals surface area contributed by atoms with Crippen LogP contribution in [0.1, 0.15) is 16.7 Å². The predicted octanol–water partition coefficient (Wildman–Crippen LogP) is 3.67. The number of hydrogen-bond donors (Lipinski definition) is 0. The van der Waals surface area contributed by atoms with Gasteiger partial charge in [0.1, 0.15) is 6.61 Å². The minimum atomic E-state index is -0.244. The first-order chi connectivity index (χ1) is 12.3. The maximum absolute atomic E-state index is 6.04. The Morgan fingerprint density at radius 1 is 1.08 bits per heavy atom. The molecule has 1 aliphatic rings. The summed E-state index contributed by atoms with van der Waals surface area (Å²) >= 11 is 1.47. The van der Waals surface area contributed by atoms with E-state index in [9.17, 15) is 0 Å². The first-order valence-corrected chi connectivity index (χ1v) is 8.77. The van der Waals surface area contributed by atoms with E-state index in [1.807, 2.05) is 36.4 Å². The second kappa shape index (κ2) is 5.56. The number of benzene rings is 2. The van der Waals surface area contributed by atoms with E-state index < -0.39 is 0 Å². The van der Waals surface area contributed by atoms with E-state index in [0.717, 1.165) is 32.9 Å². The van der Waals surface area contributed by atoms with Gasteiger partial charge in [-0.25, -0.2) is 0 Å². The van der Waals surface area contributed by atoms with Gasteiger partial charge < -0.3 is 9.47 Å². The molecule has 5 rings (SSSR count). The molecule has 2 aromatic heterocycles. The third-order valence-electron chi connectivity index (χ3n) is 4.07. The Morgan fingerprint density at radius 2 is 1.96 bits per heavy atom. The Morgan fingerprint density at radius 3 is 2.84 bits per heavy atom. The SMILES string of the molecule is Cc1cccc(-c2nnc3sc([C@H]4COc5ccccc5O4)nn23)c1. The van der Waals surface area contributed by atoms with Crippen LogP contribution in [0.15, 0.2) is 48.5 Å². The minimum absolute atomic E-state index is 0.244. The van der Waals surface area contributed by atoms with Crippen LogP contribution >= 0.6 is 11.3 Å². The van der Waals surface area contributed by atoms with Gasteiger partial charge in [0.25, 0.3) is 0 Å². The summed E-state index contributed by atoms with van der Waals surface area (Å²) in [6.07, 6.45) is -0.244. The number of aryl methyl sites for hydroxylation is 1. The van der Waals surface area contributed by atoms with Gasteiger partial charge in [0.2, 0.25) is 4.96 Å². The highest BCUT2D eigenvalue weighted by molar-refractivity contribution is 7.16. The largest absolute Gasteiger partial charge is 0.485 e. The van der Waals surface area contributed by atoms with E-state index in [0.29, 0.717) is 6.61 Å². The molecule has 0 saturated heterocycles. The van der Waals surface area contributed by atoms with E-state index in [1.165, 1.54) is 16.9 Å². The van der Waals surface area contributed by atoms with Crippen LogP contribution in [-0.2, 0) is 0 Å². The summed E-state index contributed by atoms with van der Waals surface area (Å²) in [5.41, 5.74) is 2.17. The van der Waals surface area contributed by atoms with Crippen LogP contribution in [0, 0.1) is 6.92 Å². The Balaban J connectivity index is 1.52. The van der Waals surface area contributed by atoms with Gasteiger partial charge in [-0.3, -0.25) is 0 Å².